The van der Waals surface area contributed by atoms with Crippen LogP contribution >= 0.6 is 0 Å². The van der Waals surface area contributed by atoms with Gasteiger partial charge in [0.1, 0.15) is 0 Å². The van der Waals surface area contributed by atoms with E-state index in [2.05, 4.69) is 10.6 Å². The van der Waals surface area contributed by atoms with Gasteiger partial charge in [0, 0.05) is 14.2 Å². The van der Waals surface area contributed by atoms with Crippen LogP contribution < -0.4 is 5.90 Å². The van der Waals surface area contributed by atoms with Crippen LogP contribution in [0.1, 0.15) is 0 Å². The normalized spacial score (nSPS) is 4.80. The van der Waals surface area contributed by atoms with E-state index in [1.807, 2.05) is 0 Å². The lowest BCUT2D eigenvalue weighted by atomic mass is 11.6. The van der Waals surface area contributed by atoms with Gasteiger partial charge in [0.05, 0.1) is 0 Å². The SMILES string of the molecule is COC.NO. The Morgan fingerprint density at radius 3 is 1.40 bits per heavy atom. The highest BCUT2D eigenvalue weighted by Crippen LogP contribution is 1.28. The van der Waals surface area contributed by atoms with Gasteiger partial charge in [0.25, 0.3) is 0 Å². The summed E-state index contributed by atoms with van der Waals surface area (Å²) in [5, 5.41) is 6.50. The average molecular weight is 79.1 g/mol. The Balaban J connectivity index is 0. The standard InChI is InChI=1S/C2H6O.H3NO/c1-3-2;1-2/h1-2H3;2H,1H2. The van der Waals surface area contributed by atoms with E-state index < -0.39 is 0 Å². The van der Waals surface area contributed by atoms with Crippen LogP contribution in [0.25, 0.3) is 0 Å². The first-order valence-electron chi connectivity index (χ1n) is 1.07. The number of hydrogen-bond acceptors (Lipinski definition) is 3. The quantitative estimate of drug-likeness (QED) is 0.388. The molecule has 0 atom stereocenters. The minimum Gasteiger partial charge on any atom is -0.388 e. The Bertz CT molecular complexity index is 7.61. The zero-order chi connectivity index (χ0) is 4.71. The Hall–Kier alpha value is -0.120. The second kappa shape index (κ2) is 41.6. The van der Waals surface area contributed by atoms with Gasteiger partial charge in [-0.2, -0.15) is 0 Å². The van der Waals surface area contributed by atoms with Crippen molar-refractivity contribution < 1.29 is 9.94 Å². The number of hydrogen-bond donors (Lipinski definition) is 2. The van der Waals surface area contributed by atoms with E-state index >= 15 is 0 Å². The molecule has 0 aromatic carbocycles. The maximum Gasteiger partial charge on any atom is 0.0351 e. The molecule has 3 heteroatoms. The monoisotopic (exact) mass is 79.1 g/mol. The van der Waals surface area contributed by atoms with Crippen molar-refractivity contribution in [1.29, 1.82) is 0 Å². The van der Waals surface area contributed by atoms with E-state index in [1.54, 1.807) is 14.2 Å². The zero-order valence-electron chi connectivity index (χ0n) is 3.43. The Morgan fingerprint density at radius 1 is 1.40 bits per heavy atom. The molecular weight excluding hydrogens is 70.0 g/mol. The molecule has 0 aromatic heterocycles. The van der Waals surface area contributed by atoms with Crippen molar-refractivity contribution in [3.8, 4) is 0 Å². The summed E-state index contributed by atoms with van der Waals surface area (Å²) < 4.78 is 4.25. The summed E-state index contributed by atoms with van der Waals surface area (Å²) in [4.78, 5) is 0. The van der Waals surface area contributed by atoms with E-state index in [0.717, 1.165) is 0 Å². The van der Waals surface area contributed by atoms with Gasteiger partial charge in [-0.15, -0.1) is 0 Å². The minimum absolute atomic E-state index is 1.62. The summed E-state index contributed by atoms with van der Waals surface area (Å²) in [6, 6.07) is 0. The van der Waals surface area contributed by atoms with E-state index in [1.165, 1.54) is 0 Å². The molecule has 0 rings (SSSR count). The summed E-state index contributed by atoms with van der Waals surface area (Å²) >= 11 is 0. The maximum absolute atomic E-state index is 6.50. The molecule has 0 amide bonds. The third kappa shape index (κ3) is 952. The van der Waals surface area contributed by atoms with Crippen molar-refractivity contribution in [2.24, 2.45) is 5.90 Å². The van der Waals surface area contributed by atoms with Crippen molar-refractivity contribution in [3.63, 3.8) is 0 Å². The molecule has 0 heterocycles. The van der Waals surface area contributed by atoms with Gasteiger partial charge in [-0.1, -0.05) is 0 Å². The lowest BCUT2D eigenvalue weighted by Crippen LogP contribution is -1.72. The van der Waals surface area contributed by atoms with Crippen LogP contribution in [0.4, 0.5) is 0 Å². The molecule has 0 fully saturated rings. The third-order valence-electron chi connectivity index (χ3n) is 0. The van der Waals surface area contributed by atoms with E-state index in [-0.39, 0.29) is 0 Å². The molecule has 0 unspecified atom stereocenters. The number of ether oxygens (including phenoxy) is 1. The van der Waals surface area contributed by atoms with Gasteiger partial charge in [-0.3, -0.25) is 0 Å². The molecule has 0 radical (unpaired) electrons. The van der Waals surface area contributed by atoms with E-state index in [9.17, 15) is 0 Å². The van der Waals surface area contributed by atoms with Crippen molar-refractivity contribution >= 4 is 0 Å². The van der Waals surface area contributed by atoms with Crippen molar-refractivity contribution in [2.75, 3.05) is 14.2 Å². The molecule has 0 saturated carbocycles. The highest BCUT2D eigenvalue weighted by atomic mass is 16.4. The fraction of sp³-hybridized carbons (Fsp3) is 1.00. The van der Waals surface area contributed by atoms with Crippen LogP contribution in [-0.4, -0.2) is 19.4 Å². The predicted molar refractivity (Wildman–Crippen MR) is 18.9 cm³/mol. The van der Waals surface area contributed by atoms with Crippen LogP contribution in [0.5, 0.6) is 0 Å². The van der Waals surface area contributed by atoms with Gasteiger partial charge < -0.3 is 9.94 Å². The summed E-state index contributed by atoms with van der Waals surface area (Å²) in [6.07, 6.45) is 0. The van der Waals surface area contributed by atoms with Crippen molar-refractivity contribution in [3.05, 3.63) is 0 Å². The lowest BCUT2D eigenvalue weighted by Gasteiger charge is -1.61. The molecular formula is C2H9NO2. The molecule has 0 bridgehead atoms. The molecule has 3 nitrogen and oxygen atoms in total. The number of methoxy groups -OCH3 is 1. The van der Waals surface area contributed by atoms with Crippen LogP contribution in [0.3, 0.4) is 0 Å². The molecule has 3 N–H and O–H groups in total. The van der Waals surface area contributed by atoms with Crippen molar-refractivity contribution in [1.82, 2.24) is 0 Å². The molecule has 0 aliphatic carbocycles. The summed E-state index contributed by atoms with van der Waals surface area (Å²) in [5.74, 6) is 3.50. The Kier molecular flexibility index (Phi) is 73.6. The second-order valence-electron chi connectivity index (χ2n) is 0.408. The zero-order valence-corrected chi connectivity index (χ0v) is 3.43. The van der Waals surface area contributed by atoms with Gasteiger partial charge in [0.15, 0.2) is 0 Å². The highest BCUT2D eigenvalue weighted by molar-refractivity contribution is 3.56. The first-order valence-corrected chi connectivity index (χ1v) is 1.07. The molecule has 0 spiro atoms. The van der Waals surface area contributed by atoms with Crippen LogP contribution in [0, 0.1) is 0 Å². The third-order valence-corrected chi connectivity index (χ3v) is 0. The van der Waals surface area contributed by atoms with Crippen LogP contribution in [0.15, 0.2) is 0 Å². The molecule has 34 valence electrons. The van der Waals surface area contributed by atoms with Gasteiger partial charge in [-0.25, -0.2) is 5.90 Å². The molecule has 0 saturated heterocycles. The first kappa shape index (κ1) is 8.86. The molecule has 0 aliphatic rings. The number of nitrogens with two attached hydrogens (primary N) is 1. The Labute approximate surface area is 31.3 Å². The molecule has 0 aromatic rings. The smallest absolute Gasteiger partial charge is 0.0351 e. The van der Waals surface area contributed by atoms with E-state index in [4.69, 9.17) is 5.21 Å². The van der Waals surface area contributed by atoms with Gasteiger partial charge in [-0.05, 0) is 0 Å². The summed E-state index contributed by atoms with van der Waals surface area (Å²) in [7, 11) is 3.25. The van der Waals surface area contributed by atoms with Crippen LogP contribution in [0.2, 0.25) is 0 Å². The van der Waals surface area contributed by atoms with Crippen molar-refractivity contribution in [2.45, 2.75) is 0 Å². The van der Waals surface area contributed by atoms with Gasteiger partial charge >= 0.3 is 0 Å². The fourth-order valence-corrected chi connectivity index (χ4v) is 0. The van der Waals surface area contributed by atoms with E-state index in [0.29, 0.717) is 0 Å². The average Bonchev–Trinajstić information content (AvgIpc) is 1.46. The molecule has 5 heavy (non-hydrogen) atoms. The summed E-state index contributed by atoms with van der Waals surface area (Å²) in [5.41, 5.74) is 0. The molecule has 0 aliphatic heterocycles. The minimum atomic E-state index is 1.62. The predicted octanol–water partition coefficient (Wildman–Crippen LogP) is -0.403. The second-order valence-corrected chi connectivity index (χ2v) is 0.408. The fourth-order valence-electron chi connectivity index (χ4n) is 0. The topological polar surface area (TPSA) is 55.5 Å². The highest BCUT2D eigenvalue weighted by Gasteiger charge is 1.25. The first-order chi connectivity index (χ1) is 2.41. The Morgan fingerprint density at radius 2 is 1.40 bits per heavy atom. The van der Waals surface area contributed by atoms with Crippen LogP contribution in [-0.2, 0) is 4.74 Å². The summed E-state index contributed by atoms with van der Waals surface area (Å²) in [6.45, 7) is 0. The maximum atomic E-state index is 6.50. The largest absolute Gasteiger partial charge is 0.388 e. The lowest BCUT2D eigenvalue weighted by molar-refractivity contribution is 0.277. The van der Waals surface area contributed by atoms with Gasteiger partial charge in [0.2, 0.25) is 0 Å². The number of rotatable bonds is 0.